The van der Waals surface area contributed by atoms with Gasteiger partial charge in [0.2, 0.25) is 5.89 Å². The summed E-state index contributed by atoms with van der Waals surface area (Å²) in [4.78, 5) is 15.9. The predicted octanol–water partition coefficient (Wildman–Crippen LogP) is 2.78. The smallest absolute Gasteiger partial charge is 0.347 e. The molecule has 3 nitrogen and oxygen atoms in total. The van der Waals surface area contributed by atoms with Crippen LogP contribution in [0.2, 0.25) is 0 Å². The molecule has 2 aromatic rings. The zero-order valence-corrected chi connectivity index (χ0v) is 8.93. The number of allylic oxidation sites excluding steroid dienone is 3. The summed E-state index contributed by atoms with van der Waals surface area (Å²) in [5.41, 5.74) is 1.06. The van der Waals surface area contributed by atoms with Crippen LogP contribution >= 0.6 is 0 Å². The SMILES string of the molecule is C=C/C=C(\C)c1nc2ccccc2c(=O)o1. The van der Waals surface area contributed by atoms with Gasteiger partial charge < -0.3 is 4.42 Å². The third-order valence-electron chi connectivity index (χ3n) is 2.24. The van der Waals surface area contributed by atoms with Crippen molar-refractivity contribution in [2.75, 3.05) is 0 Å². The Morgan fingerprint density at radius 3 is 2.94 bits per heavy atom. The molecule has 16 heavy (non-hydrogen) atoms. The first-order valence-electron chi connectivity index (χ1n) is 4.92. The lowest BCUT2D eigenvalue weighted by atomic mass is 10.2. The maximum atomic E-state index is 11.6. The van der Waals surface area contributed by atoms with Crippen molar-refractivity contribution in [3.05, 3.63) is 59.3 Å². The van der Waals surface area contributed by atoms with Crippen LogP contribution in [0.5, 0.6) is 0 Å². The van der Waals surface area contributed by atoms with E-state index in [-0.39, 0.29) is 5.63 Å². The largest absolute Gasteiger partial charge is 0.403 e. The molecular weight excluding hydrogens is 202 g/mol. The van der Waals surface area contributed by atoms with Gasteiger partial charge in [-0.25, -0.2) is 9.78 Å². The molecule has 0 saturated heterocycles. The van der Waals surface area contributed by atoms with Gasteiger partial charge in [0, 0.05) is 5.57 Å². The molecule has 0 N–H and O–H groups in total. The molecule has 1 aromatic carbocycles. The number of hydrogen-bond donors (Lipinski definition) is 0. The van der Waals surface area contributed by atoms with Gasteiger partial charge in [0.05, 0.1) is 10.9 Å². The second kappa shape index (κ2) is 4.14. The van der Waals surface area contributed by atoms with E-state index in [1.54, 1.807) is 30.4 Å². The number of hydrogen-bond acceptors (Lipinski definition) is 3. The Morgan fingerprint density at radius 2 is 2.19 bits per heavy atom. The standard InChI is InChI=1S/C13H11NO2/c1-3-6-9(2)12-14-11-8-5-4-7-10(11)13(15)16-12/h3-8H,1H2,2H3/b9-6+. The fraction of sp³-hybridized carbons (Fsp3) is 0.0769. The van der Waals surface area contributed by atoms with E-state index >= 15 is 0 Å². The molecule has 0 atom stereocenters. The lowest BCUT2D eigenvalue weighted by molar-refractivity contribution is 0.486. The highest BCUT2D eigenvalue weighted by molar-refractivity contribution is 5.78. The Bertz CT molecular complexity index is 623. The van der Waals surface area contributed by atoms with Crippen molar-refractivity contribution in [3.8, 4) is 0 Å². The first kappa shape index (κ1) is 10.4. The van der Waals surface area contributed by atoms with Crippen LogP contribution in [0.1, 0.15) is 12.8 Å². The van der Waals surface area contributed by atoms with E-state index in [1.165, 1.54) is 0 Å². The summed E-state index contributed by atoms with van der Waals surface area (Å²) in [7, 11) is 0. The molecule has 0 fully saturated rings. The summed E-state index contributed by atoms with van der Waals surface area (Å²) in [5, 5.41) is 0.498. The summed E-state index contributed by atoms with van der Waals surface area (Å²) in [6.07, 6.45) is 3.38. The number of nitrogens with zero attached hydrogens (tertiary/aromatic N) is 1. The highest BCUT2D eigenvalue weighted by atomic mass is 16.4. The number of rotatable bonds is 2. The van der Waals surface area contributed by atoms with E-state index in [2.05, 4.69) is 11.6 Å². The Kier molecular flexibility index (Phi) is 2.68. The predicted molar refractivity (Wildman–Crippen MR) is 64.1 cm³/mol. The highest BCUT2D eigenvalue weighted by Crippen LogP contribution is 2.13. The topological polar surface area (TPSA) is 43.1 Å². The number of para-hydroxylation sites is 1. The van der Waals surface area contributed by atoms with Gasteiger partial charge in [-0.05, 0) is 19.1 Å². The van der Waals surface area contributed by atoms with E-state index < -0.39 is 0 Å². The van der Waals surface area contributed by atoms with Crippen molar-refractivity contribution < 1.29 is 4.42 Å². The molecular formula is C13H11NO2. The first-order chi connectivity index (χ1) is 7.72. The zero-order valence-electron chi connectivity index (χ0n) is 8.93. The summed E-state index contributed by atoms with van der Waals surface area (Å²) in [5.74, 6) is 0.337. The average Bonchev–Trinajstić information content (AvgIpc) is 2.29. The number of aromatic nitrogens is 1. The molecule has 80 valence electrons. The van der Waals surface area contributed by atoms with Crippen LogP contribution < -0.4 is 5.63 Å². The van der Waals surface area contributed by atoms with Crippen LogP contribution in [0.15, 0.2) is 52.2 Å². The molecule has 0 bridgehead atoms. The molecule has 0 aliphatic rings. The Morgan fingerprint density at radius 1 is 1.44 bits per heavy atom. The summed E-state index contributed by atoms with van der Waals surface area (Å²) in [6.45, 7) is 5.41. The molecule has 3 heteroatoms. The van der Waals surface area contributed by atoms with Gasteiger partial charge in [-0.15, -0.1) is 0 Å². The maximum Gasteiger partial charge on any atom is 0.347 e. The summed E-state index contributed by atoms with van der Waals surface area (Å²) in [6, 6.07) is 7.11. The molecule has 0 aliphatic heterocycles. The van der Waals surface area contributed by atoms with Crippen LogP contribution in [-0.2, 0) is 0 Å². The van der Waals surface area contributed by atoms with Crippen LogP contribution in [0, 0.1) is 0 Å². The Hall–Kier alpha value is -2.16. The second-order valence-corrected chi connectivity index (χ2v) is 3.41. The minimum Gasteiger partial charge on any atom is -0.403 e. The van der Waals surface area contributed by atoms with Crippen LogP contribution in [0.3, 0.4) is 0 Å². The minimum absolute atomic E-state index is 0.337. The van der Waals surface area contributed by atoms with E-state index in [4.69, 9.17) is 4.42 Å². The summed E-state index contributed by atoms with van der Waals surface area (Å²) < 4.78 is 5.12. The third kappa shape index (κ3) is 1.80. The van der Waals surface area contributed by atoms with Gasteiger partial charge in [0.25, 0.3) is 0 Å². The van der Waals surface area contributed by atoms with Crippen molar-refractivity contribution >= 4 is 16.5 Å². The third-order valence-corrected chi connectivity index (χ3v) is 2.24. The fourth-order valence-corrected chi connectivity index (χ4v) is 1.44. The monoisotopic (exact) mass is 213 g/mol. The molecule has 2 rings (SSSR count). The second-order valence-electron chi connectivity index (χ2n) is 3.41. The van der Waals surface area contributed by atoms with E-state index in [9.17, 15) is 4.79 Å². The molecule has 0 radical (unpaired) electrons. The molecule has 0 spiro atoms. The quantitative estimate of drug-likeness (QED) is 0.720. The van der Waals surface area contributed by atoms with E-state index in [0.29, 0.717) is 16.8 Å². The first-order valence-corrected chi connectivity index (χ1v) is 4.92. The van der Waals surface area contributed by atoms with Crippen LogP contribution in [-0.4, -0.2) is 4.98 Å². The van der Waals surface area contributed by atoms with Gasteiger partial charge in [0.1, 0.15) is 0 Å². The molecule has 0 saturated carbocycles. The van der Waals surface area contributed by atoms with E-state index in [1.807, 2.05) is 13.0 Å². The molecule has 0 amide bonds. The highest BCUT2D eigenvalue weighted by Gasteiger charge is 2.06. The lowest BCUT2D eigenvalue weighted by Crippen LogP contribution is -2.03. The minimum atomic E-state index is -0.364. The van der Waals surface area contributed by atoms with Crippen molar-refractivity contribution in [1.29, 1.82) is 0 Å². The van der Waals surface area contributed by atoms with Gasteiger partial charge in [0.15, 0.2) is 0 Å². The normalized spacial score (nSPS) is 11.7. The Labute approximate surface area is 92.7 Å². The number of benzene rings is 1. The van der Waals surface area contributed by atoms with Crippen molar-refractivity contribution in [3.63, 3.8) is 0 Å². The summed E-state index contributed by atoms with van der Waals surface area (Å²) >= 11 is 0. The molecule has 1 heterocycles. The van der Waals surface area contributed by atoms with Gasteiger partial charge in [-0.3, -0.25) is 0 Å². The van der Waals surface area contributed by atoms with E-state index in [0.717, 1.165) is 5.57 Å². The van der Waals surface area contributed by atoms with Gasteiger partial charge in [-0.1, -0.05) is 30.9 Å². The van der Waals surface area contributed by atoms with Crippen molar-refractivity contribution in [1.82, 2.24) is 4.98 Å². The molecule has 0 aliphatic carbocycles. The van der Waals surface area contributed by atoms with Gasteiger partial charge >= 0.3 is 5.63 Å². The zero-order chi connectivity index (χ0) is 11.5. The van der Waals surface area contributed by atoms with Crippen molar-refractivity contribution in [2.24, 2.45) is 0 Å². The molecule has 0 unspecified atom stereocenters. The number of fused-ring (bicyclic) bond motifs is 1. The van der Waals surface area contributed by atoms with Crippen LogP contribution in [0.4, 0.5) is 0 Å². The van der Waals surface area contributed by atoms with Gasteiger partial charge in [-0.2, -0.15) is 0 Å². The average molecular weight is 213 g/mol. The maximum absolute atomic E-state index is 11.6. The fourth-order valence-electron chi connectivity index (χ4n) is 1.44. The van der Waals surface area contributed by atoms with Crippen molar-refractivity contribution in [2.45, 2.75) is 6.92 Å². The van der Waals surface area contributed by atoms with Crippen LogP contribution in [0.25, 0.3) is 16.5 Å². The molecule has 1 aromatic heterocycles. The Balaban J connectivity index is 2.72. The lowest BCUT2D eigenvalue weighted by Gasteiger charge is -2.00.